The molecule has 3 rings (SSSR count). The zero-order valence-corrected chi connectivity index (χ0v) is 19.8. The number of nitrogens with one attached hydrogen (secondary N) is 1. The molecule has 1 aromatic rings. The van der Waals surface area contributed by atoms with E-state index in [-0.39, 0.29) is 17.9 Å². The second kappa shape index (κ2) is 11.3. The summed E-state index contributed by atoms with van der Waals surface area (Å²) >= 11 is 6.37. The molecule has 31 heavy (non-hydrogen) atoms. The summed E-state index contributed by atoms with van der Waals surface area (Å²) in [7, 11) is 1.64. The molecule has 0 bridgehead atoms. The predicted octanol–water partition coefficient (Wildman–Crippen LogP) is 4.24. The fraction of sp³-hybridized carbons (Fsp3) is 0.667. The predicted molar refractivity (Wildman–Crippen MR) is 124 cm³/mol. The average Bonchev–Trinajstić information content (AvgIpc) is 3.26. The van der Waals surface area contributed by atoms with Crippen LogP contribution in [-0.4, -0.2) is 61.0 Å². The van der Waals surface area contributed by atoms with Gasteiger partial charge in [-0.1, -0.05) is 24.4 Å². The molecule has 2 fully saturated rings. The van der Waals surface area contributed by atoms with Crippen molar-refractivity contribution < 1.29 is 14.3 Å². The summed E-state index contributed by atoms with van der Waals surface area (Å²) in [5, 5.41) is 3.62. The van der Waals surface area contributed by atoms with Gasteiger partial charge in [0.1, 0.15) is 0 Å². The van der Waals surface area contributed by atoms with E-state index in [1.54, 1.807) is 7.11 Å². The molecule has 1 aromatic carbocycles. The number of nitrogens with zero attached hydrogens (tertiary/aromatic N) is 2. The van der Waals surface area contributed by atoms with Crippen LogP contribution >= 0.6 is 11.6 Å². The molecule has 2 aliphatic rings. The van der Waals surface area contributed by atoms with E-state index in [9.17, 15) is 9.59 Å². The number of rotatable bonds is 8. The van der Waals surface area contributed by atoms with Crippen LogP contribution < -0.4 is 5.32 Å². The number of piperazine rings is 1. The average molecular weight is 450 g/mol. The first-order valence-electron chi connectivity index (χ1n) is 11.5. The molecule has 0 aromatic heterocycles. The second-order valence-corrected chi connectivity index (χ2v) is 9.42. The van der Waals surface area contributed by atoms with Gasteiger partial charge in [0, 0.05) is 69.0 Å². The van der Waals surface area contributed by atoms with Crippen LogP contribution in [0.3, 0.4) is 0 Å². The highest BCUT2D eigenvalue weighted by atomic mass is 35.5. The number of carbonyl (C=O) groups is 2. The lowest BCUT2D eigenvalue weighted by molar-refractivity contribution is -0.140. The Bertz CT molecular complexity index is 780. The van der Waals surface area contributed by atoms with Crippen LogP contribution in [0.25, 0.3) is 0 Å². The maximum Gasteiger partial charge on any atom is 0.226 e. The fourth-order valence-corrected chi connectivity index (χ4v) is 5.01. The summed E-state index contributed by atoms with van der Waals surface area (Å²) in [5.41, 5.74) is 2.93. The molecule has 1 atom stereocenters. The number of ether oxygens (including phenoxy) is 1. The lowest BCUT2D eigenvalue weighted by Gasteiger charge is -2.41. The van der Waals surface area contributed by atoms with E-state index < -0.39 is 0 Å². The number of amides is 2. The number of hydrogen-bond donors (Lipinski definition) is 1. The molecule has 1 saturated heterocycles. The van der Waals surface area contributed by atoms with E-state index in [1.165, 1.54) is 12.8 Å². The van der Waals surface area contributed by atoms with Gasteiger partial charge in [0.2, 0.25) is 11.8 Å². The summed E-state index contributed by atoms with van der Waals surface area (Å²) in [6.07, 6.45) is 5.58. The summed E-state index contributed by atoms with van der Waals surface area (Å²) in [4.78, 5) is 29.6. The SMILES string of the molecule is COCCCC(=O)Nc1cc(Cl)cc(CN2CCN(C(=O)C3CCCC3)C(C)C2)c1C. The first-order chi connectivity index (χ1) is 14.9. The Hall–Kier alpha value is -1.63. The maximum absolute atomic E-state index is 12.9. The van der Waals surface area contributed by atoms with Crippen molar-refractivity contribution >= 4 is 29.1 Å². The number of anilines is 1. The largest absolute Gasteiger partial charge is 0.385 e. The fourth-order valence-electron chi connectivity index (χ4n) is 4.77. The van der Waals surface area contributed by atoms with E-state index >= 15 is 0 Å². The highest BCUT2D eigenvalue weighted by Crippen LogP contribution is 2.29. The molecule has 7 heteroatoms. The van der Waals surface area contributed by atoms with Gasteiger partial charge in [0.15, 0.2) is 0 Å². The van der Waals surface area contributed by atoms with Crippen molar-refractivity contribution in [3.8, 4) is 0 Å². The van der Waals surface area contributed by atoms with Gasteiger partial charge in [-0.2, -0.15) is 0 Å². The van der Waals surface area contributed by atoms with Crippen LogP contribution in [-0.2, 0) is 20.9 Å². The van der Waals surface area contributed by atoms with Crippen molar-refractivity contribution in [1.82, 2.24) is 9.80 Å². The molecule has 1 unspecified atom stereocenters. The minimum atomic E-state index is -0.0268. The Labute approximate surface area is 191 Å². The topological polar surface area (TPSA) is 61.9 Å². The quantitative estimate of drug-likeness (QED) is 0.603. The number of carbonyl (C=O) groups excluding carboxylic acids is 2. The number of halogens is 1. The van der Waals surface area contributed by atoms with Crippen molar-refractivity contribution in [2.75, 3.05) is 38.7 Å². The number of hydrogen-bond acceptors (Lipinski definition) is 4. The van der Waals surface area contributed by atoms with Gasteiger partial charge in [-0.25, -0.2) is 0 Å². The highest BCUT2D eigenvalue weighted by molar-refractivity contribution is 6.31. The van der Waals surface area contributed by atoms with Crippen molar-refractivity contribution in [2.24, 2.45) is 5.92 Å². The molecule has 1 aliphatic carbocycles. The first-order valence-corrected chi connectivity index (χ1v) is 11.9. The van der Waals surface area contributed by atoms with Gasteiger partial charge in [0.05, 0.1) is 0 Å². The first kappa shape index (κ1) is 24.0. The monoisotopic (exact) mass is 449 g/mol. The van der Waals surface area contributed by atoms with Gasteiger partial charge in [-0.3, -0.25) is 14.5 Å². The van der Waals surface area contributed by atoms with Crippen molar-refractivity contribution in [1.29, 1.82) is 0 Å². The minimum absolute atomic E-state index is 0.0268. The van der Waals surface area contributed by atoms with Gasteiger partial charge < -0.3 is 15.0 Å². The molecule has 1 aliphatic heterocycles. The van der Waals surface area contributed by atoms with E-state index in [4.69, 9.17) is 16.3 Å². The van der Waals surface area contributed by atoms with Gasteiger partial charge >= 0.3 is 0 Å². The normalized spacial score (nSPS) is 20.3. The van der Waals surface area contributed by atoms with E-state index in [2.05, 4.69) is 22.0 Å². The van der Waals surface area contributed by atoms with Crippen molar-refractivity contribution in [3.63, 3.8) is 0 Å². The third-order valence-electron chi connectivity index (χ3n) is 6.60. The standard InChI is InChI=1S/C24H36ClN3O3/c1-17-15-27(10-11-28(17)24(30)19-7-4-5-8-19)16-20-13-21(25)14-22(18(20)2)26-23(29)9-6-12-31-3/h13-14,17,19H,4-12,15-16H2,1-3H3,(H,26,29). The Morgan fingerprint density at radius 1 is 1.23 bits per heavy atom. The molecular formula is C24H36ClN3O3. The minimum Gasteiger partial charge on any atom is -0.385 e. The third kappa shape index (κ3) is 6.43. The van der Waals surface area contributed by atoms with E-state index in [0.717, 1.165) is 55.8 Å². The maximum atomic E-state index is 12.9. The molecule has 6 nitrogen and oxygen atoms in total. The zero-order valence-electron chi connectivity index (χ0n) is 19.1. The van der Waals surface area contributed by atoms with Gasteiger partial charge in [-0.05, 0) is 56.4 Å². The molecule has 1 heterocycles. The van der Waals surface area contributed by atoms with Crippen molar-refractivity contribution in [3.05, 3.63) is 28.3 Å². The molecule has 0 radical (unpaired) electrons. The van der Waals surface area contributed by atoms with Gasteiger partial charge in [0.25, 0.3) is 0 Å². The molecule has 172 valence electrons. The van der Waals surface area contributed by atoms with Crippen molar-refractivity contribution in [2.45, 2.75) is 65.0 Å². The van der Waals surface area contributed by atoms with Crippen LogP contribution in [0.15, 0.2) is 12.1 Å². The molecular weight excluding hydrogens is 414 g/mol. The third-order valence-corrected chi connectivity index (χ3v) is 6.82. The molecule has 1 saturated carbocycles. The number of benzene rings is 1. The highest BCUT2D eigenvalue weighted by Gasteiger charge is 2.33. The van der Waals surface area contributed by atoms with Crippen LogP contribution in [0.1, 0.15) is 56.6 Å². The Morgan fingerprint density at radius 3 is 2.65 bits per heavy atom. The molecule has 0 spiro atoms. The summed E-state index contributed by atoms with van der Waals surface area (Å²) in [6, 6.07) is 4.01. The van der Waals surface area contributed by atoms with E-state index in [1.807, 2.05) is 19.1 Å². The van der Waals surface area contributed by atoms with Crippen LogP contribution in [0.2, 0.25) is 5.02 Å². The van der Waals surface area contributed by atoms with Crippen LogP contribution in [0.5, 0.6) is 0 Å². The smallest absolute Gasteiger partial charge is 0.226 e. The van der Waals surface area contributed by atoms with Crippen LogP contribution in [0, 0.1) is 12.8 Å². The van der Waals surface area contributed by atoms with Crippen LogP contribution in [0.4, 0.5) is 5.69 Å². The Balaban J connectivity index is 1.60. The lowest BCUT2D eigenvalue weighted by Crippen LogP contribution is -2.54. The Kier molecular flexibility index (Phi) is 8.76. The molecule has 1 N–H and O–H groups in total. The lowest BCUT2D eigenvalue weighted by atomic mass is 10.0. The van der Waals surface area contributed by atoms with Gasteiger partial charge in [-0.15, -0.1) is 0 Å². The molecule has 2 amide bonds. The second-order valence-electron chi connectivity index (χ2n) is 8.98. The Morgan fingerprint density at radius 2 is 1.97 bits per heavy atom. The summed E-state index contributed by atoms with van der Waals surface area (Å²) in [5.74, 6) is 0.558. The summed E-state index contributed by atoms with van der Waals surface area (Å²) < 4.78 is 5.02. The summed E-state index contributed by atoms with van der Waals surface area (Å²) in [6.45, 7) is 7.99. The van der Waals surface area contributed by atoms with E-state index in [0.29, 0.717) is 30.4 Å². The zero-order chi connectivity index (χ0) is 22.4. The number of methoxy groups -OCH3 is 1.